The predicted octanol–water partition coefficient (Wildman–Crippen LogP) is 1.74. The summed E-state index contributed by atoms with van der Waals surface area (Å²) in [6.07, 6.45) is -3.02. The van der Waals surface area contributed by atoms with Gasteiger partial charge in [-0.1, -0.05) is 0 Å². The molecule has 0 aromatic carbocycles. The molecule has 0 atom stereocenters. The van der Waals surface area contributed by atoms with Gasteiger partial charge in [-0.15, -0.1) is 0 Å². The van der Waals surface area contributed by atoms with E-state index in [1.807, 2.05) is 0 Å². The fourth-order valence-corrected chi connectivity index (χ4v) is 3.01. The number of sulfonamides is 1. The Bertz CT molecular complexity index is 581. The maximum atomic E-state index is 12.0. The molecule has 0 aliphatic rings. The van der Waals surface area contributed by atoms with Gasteiger partial charge in [0.2, 0.25) is 10.0 Å². The lowest BCUT2D eigenvalue weighted by Gasteiger charge is -2.11. The topological polar surface area (TPSA) is 80.3 Å². The van der Waals surface area contributed by atoms with E-state index in [0.717, 1.165) is 0 Å². The molecule has 21 heavy (non-hydrogen) atoms. The van der Waals surface area contributed by atoms with Crippen LogP contribution in [0.5, 0.6) is 0 Å². The Labute approximate surface area is 128 Å². The first-order valence-electron chi connectivity index (χ1n) is 5.63. The Balaban J connectivity index is 2.64. The largest absolute Gasteiger partial charge is 0.411 e. The van der Waals surface area contributed by atoms with E-state index in [2.05, 4.69) is 35.7 Å². The SMILES string of the molecule is CNc1ncc(Br)cc1S(=O)(=O)NCCOCC(F)(F)F. The number of anilines is 1. The molecule has 120 valence electrons. The van der Waals surface area contributed by atoms with Crippen molar-refractivity contribution in [1.29, 1.82) is 0 Å². The smallest absolute Gasteiger partial charge is 0.372 e. The van der Waals surface area contributed by atoms with Gasteiger partial charge in [-0.2, -0.15) is 13.2 Å². The number of ether oxygens (including phenoxy) is 1. The molecule has 0 spiro atoms. The molecule has 0 unspecified atom stereocenters. The van der Waals surface area contributed by atoms with Crippen molar-refractivity contribution in [2.24, 2.45) is 0 Å². The van der Waals surface area contributed by atoms with Gasteiger partial charge in [-0.25, -0.2) is 18.1 Å². The monoisotopic (exact) mass is 391 g/mol. The summed E-state index contributed by atoms with van der Waals surface area (Å²) in [5, 5.41) is 2.62. The van der Waals surface area contributed by atoms with Crippen LogP contribution in [-0.4, -0.2) is 46.4 Å². The zero-order valence-electron chi connectivity index (χ0n) is 10.9. The summed E-state index contributed by atoms with van der Waals surface area (Å²) >= 11 is 3.10. The Morgan fingerprint density at radius 1 is 1.43 bits per heavy atom. The number of nitrogens with zero attached hydrogens (tertiary/aromatic N) is 1. The Kier molecular flexibility index (Phi) is 6.38. The summed E-state index contributed by atoms with van der Waals surface area (Å²) in [5.74, 6) is 0.127. The maximum Gasteiger partial charge on any atom is 0.411 e. The highest BCUT2D eigenvalue weighted by Gasteiger charge is 2.27. The van der Waals surface area contributed by atoms with E-state index in [1.165, 1.54) is 19.3 Å². The molecule has 0 amide bonds. The highest BCUT2D eigenvalue weighted by atomic mass is 79.9. The van der Waals surface area contributed by atoms with Crippen LogP contribution in [0.4, 0.5) is 19.0 Å². The van der Waals surface area contributed by atoms with Gasteiger partial charge >= 0.3 is 6.18 Å². The van der Waals surface area contributed by atoms with Gasteiger partial charge in [0.05, 0.1) is 6.61 Å². The minimum atomic E-state index is -4.44. The number of aromatic nitrogens is 1. The minimum absolute atomic E-state index is 0.116. The molecule has 1 aromatic heterocycles. The van der Waals surface area contributed by atoms with Crippen molar-refractivity contribution >= 4 is 31.8 Å². The molecule has 0 saturated carbocycles. The van der Waals surface area contributed by atoms with Crippen LogP contribution in [-0.2, 0) is 14.8 Å². The van der Waals surface area contributed by atoms with Gasteiger partial charge in [0, 0.05) is 24.3 Å². The Hall–Kier alpha value is -0.910. The van der Waals surface area contributed by atoms with Crippen molar-refractivity contribution in [1.82, 2.24) is 9.71 Å². The molecular weight excluding hydrogens is 379 g/mol. The van der Waals surface area contributed by atoms with E-state index in [0.29, 0.717) is 4.47 Å². The van der Waals surface area contributed by atoms with Crippen molar-refractivity contribution < 1.29 is 26.3 Å². The zero-order chi connectivity index (χ0) is 16.1. The highest BCUT2D eigenvalue weighted by molar-refractivity contribution is 9.10. The van der Waals surface area contributed by atoms with Crippen LogP contribution < -0.4 is 10.0 Å². The fourth-order valence-electron chi connectivity index (χ4n) is 1.33. The third kappa shape index (κ3) is 6.16. The van der Waals surface area contributed by atoms with Crippen molar-refractivity contribution in [3.05, 3.63) is 16.7 Å². The zero-order valence-corrected chi connectivity index (χ0v) is 13.3. The van der Waals surface area contributed by atoms with Crippen LogP contribution in [0.25, 0.3) is 0 Å². The average molecular weight is 392 g/mol. The second kappa shape index (κ2) is 7.38. The van der Waals surface area contributed by atoms with E-state index < -0.39 is 29.4 Å². The van der Waals surface area contributed by atoms with Crippen LogP contribution in [0.1, 0.15) is 0 Å². The fraction of sp³-hybridized carbons (Fsp3) is 0.500. The van der Waals surface area contributed by atoms with Crippen LogP contribution in [0.15, 0.2) is 21.6 Å². The van der Waals surface area contributed by atoms with Gasteiger partial charge in [0.1, 0.15) is 17.3 Å². The highest BCUT2D eigenvalue weighted by Crippen LogP contribution is 2.22. The van der Waals surface area contributed by atoms with Crippen molar-refractivity contribution in [2.45, 2.75) is 11.1 Å². The number of alkyl halides is 3. The van der Waals surface area contributed by atoms with Crippen molar-refractivity contribution in [2.75, 3.05) is 32.1 Å². The van der Waals surface area contributed by atoms with E-state index in [-0.39, 0.29) is 17.3 Å². The van der Waals surface area contributed by atoms with Crippen molar-refractivity contribution in [3.63, 3.8) is 0 Å². The Morgan fingerprint density at radius 2 is 2.10 bits per heavy atom. The second-order valence-corrected chi connectivity index (χ2v) is 6.47. The normalized spacial score (nSPS) is 12.4. The molecule has 0 saturated heterocycles. The molecule has 2 N–H and O–H groups in total. The first kappa shape index (κ1) is 18.1. The molecule has 0 aliphatic heterocycles. The summed E-state index contributed by atoms with van der Waals surface area (Å²) in [6.45, 7) is -2.10. The number of rotatable bonds is 7. The standard InChI is InChI=1S/C10H13BrF3N3O3S/c1-15-9-8(4-7(11)5-16-9)21(18,19)17-2-3-20-6-10(12,13)14/h4-5,17H,2-3,6H2,1H3,(H,15,16). The lowest BCUT2D eigenvalue weighted by atomic mass is 10.4. The van der Waals surface area contributed by atoms with Gasteiger partial charge < -0.3 is 10.1 Å². The average Bonchev–Trinajstić information content (AvgIpc) is 2.36. The molecule has 0 aliphatic carbocycles. The third-order valence-electron chi connectivity index (χ3n) is 2.15. The van der Waals surface area contributed by atoms with Crippen LogP contribution >= 0.6 is 15.9 Å². The van der Waals surface area contributed by atoms with Gasteiger partial charge in [0.15, 0.2) is 0 Å². The minimum Gasteiger partial charge on any atom is -0.372 e. The molecule has 0 fully saturated rings. The van der Waals surface area contributed by atoms with Gasteiger partial charge in [0.25, 0.3) is 0 Å². The molecule has 6 nitrogen and oxygen atoms in total. The second-order valence-electron chi connectivity index (χ2n) is 3.82. The maximum absolute atomic E-state index is 12.0. The number of hydrogen-bond donors (Lipinski definition) is 2. The van der Waals surface area contributed by atoms with Crippen LogP contribution in [0.2, 0.25) is 0 Å². The summed E-state index contributed by atoms with van der Waals surface area (Å²) in [5.41, 5.74) is 0. The lowest BCUT2D eigenvalue weighted by Crippen LogP contribution is -2.29. The van der Waals surface area contributed by atoms with Gasteiger partial charge in [-0.3, -0.25) is 0 Å². The first-order valence-corrected chi connectivity index (χ1v) is 7.91. The van der Waals surface area contributed by atoms with Gasteiger partial charge in [-0.05, 0) is 22.0 Å². The molecular formula is C10H13BrF3N3O3S. The first-order chi connectivity index (χ1) is 9.65. The van der Waals surface area contributed by atoms with E-state index in [4.69, 9.17) is 0 Å². The Morgan fingerprint density at radius 3 is 2.67 bits per heavy atom. The molecule has 11 heteroatoms. The van der Waals surface area contributed by atoms with Crippen LogP contribution in [0.3, 0.4) is 0 Å². The molecule has 1 heterocycles. The number of nitrogens with one attached hydrogen (secondary N) is 2. The lowest BCUT2D eigenvalue weighted by molar-refractivity contribution is -0.173. The molecule has 1 aromatic rings. The summed E-state index contributed by atoms with van der Waals surface area (Å²) in [6, 6.07) is 1.33. The molecule has 0 radical (unpaired) electrons. The quantitative estimate of drug-likeness (QED) is 0.692. The molecule has 0 bridgehead atoms. The number of pyridine rings is 1. The van der Waals surface area contributed by atoms with E-state index >= 15 is 0 Å². The van der Waals surface area contributed by atoms with E-state index in [1.54, 1.807) is 0 Å². The van der Waals surface area contributed by atoms with Crippen LogP contribution in [0, 0.1) is 0 Å². The number of halogens is 4. The third-order valence-corrected chi connectivity index (χ3v) is 4.06. The molecule has 1 rings (SSSR count). The summed E-state index contributed by atoms with van der Waals surface area (Å²) in [4.78, 5) is 3.77. The number of hydrogen-bond acceptors (Lipinski definition) is 5. The summed E-state index contributed by atoms with van der Waals surface area (Å²) in [7, 11) is -2.41. The van der Waals surface area contributed by atoms with E-state index in [9.17, 15) is 21.6 Å². The predicted molar refractivity (Wildman–Crippen MR) is 73.5 cm³/mol. The van der Waals surface area contributed by atoms with Crippen molar-refractivity contribution in [3.8, 4) is 0 Å². The summed E-state index contributed by atoms with van der Waals surface area (Å²) < 4.78 is 66.5.